The van der Waals surface area contributed by atoms with Crippen molar-refractivity contribution < 1.29 is 14.3 Å². The molecule has 25 heavy (non-hydrogen) atoms. The van der Waals surface area contributed by atoms with Gasteiger partial charge in [-0.15, -0.1) is 0 Å². The van der Waals surface area contributed by atoms with Gasteiger partial charge in [0.1, 0.15) is 0 Å². The minimum Gasteiger partial charge on any atom is -0.490 e. The molecule has 2 aromatic rings. The molecule has 0 aliphatic carbocycles. The molecule has 2 aromatic carbocycles. The number of benzene rings is 2. The Kier molecular flexibility index (Phi) is 7.31. The first-order valence-electron chi connectivity index (χ1n) is 8.27. The van der Waals surface area contributed by atoms with E-state index in [0.29, 0.717) is 30.4 Å². The third-order valence-corrected chi connectivity index (χ3v) is 3.14. The molecule has 0 unspecified atom stereocenters. The second-order valence-electron chi connectivity index (χ2n) is 5.18. The lowest BCUT2D eigenvalue weighted by Gasteiger charge is -2.11. The van der Waals surface area contributed by atoms with Crippen LogP contribution in [0.1, 0.15) is 25.8 Å². The second kappa shape index (κ2) is 9.97. The number of rotatable bonds is 8. The van der Waals surface area contributed by atoms with Crippen LogP contribution in [-0.4, -0.2) is 25.5 Å². The van der Waals surface area contributed by atoms with E-state index in [-0.39, 0.29) is 0 Å². The van der Waals surface area contributed by atoms with E-state index in [4.69, 9.17) is 9.47 Å². The van der Waals surface area contributed by atoms with Crippen molar-refractivity contribution in [2.45, 2.75) is 20.3 Å². The first-order chi connectivity index (χ1) is 12.2. The van der Waals surface area contributed by atoms with Gasteiger partial charge in [-0.05, 0) is 49.2 Å². The van der Waals surface area contributed by atoms with Crippen molar-refractivity contribution in [3.8, 4) is 11.5 Å². The Bertz CT molecular complexity index is 702. The minimum atomic E-state index is -0.407. The van der Waals surface area contributed by atoms with E-state index in [9.17, 15) is 4.79 Å². The monoisotopic (exact) mass is 341 g/mol. The summed E-state index contributed by atoms with van der Waals surface area (Å²) in [5.41, 5.74) is 3.93. The summed E-state index contributed by atoms with van der Waals surface area (Å²) in [5.74, 6) is 1.37. The molecule has 0 aliphatic heterocycles. The van der Waals surface area contributed by atoms with Crippen LogP contribution < -0.4 is 20.2 Å². The molecule has 0 heterocycles. The van der Waals surface area contributed by atoms with Gasteiger partial charge >= 0.3 is 6.03 Å². The molecule has 0 aliphatic rings. The lowest BCUT2D eigenvalue weighted by atomic mass is 10.2. The molecule has 0 saturated heterocycles. The average Bonchev–Trinajstić information content (AvgIpc) is 2.62. The highest BCUT2D eigenvalue weighted by molar-refractivity contribution is 5.90. The van der Waals surface area contributed by atoms with E-state index in [1.165, 1.54) is 0 Å². The van der Waals surface area contributed by atoms with Crippen LogP contribution in [0.5, 0.6) is 11.5 Å². The first-order valence-corrected chi connectivity index (χ1v) is 8.27. The third-order valence-electron chi connectivity index (χ3n) is 3.14. The Balaban J connectivity index is 1.95. The number of hydrogen-bond acceptors (Lipinski definition) is 4. The molecule has 2 rings (SSSR count). The van der Waals surface area contributed by atoms with Gasteiger partial charge in [0.25, 0.3) is 0 Å². The van der Waals surface area contributed by atoms with Crippen LogP contribution in [0, 0.1) is 0 Å². The molecule has 0 saturated carbocycles. The predicted molar refractivity (Wildman–Crippen MR) is 99.6 cm³/mol. The maximum Gasteiger partial charge on any atom is 0.339 e. The van der Waals surface area contributed by atoms with Crippen LogP contribution in [0.2, 0.25) is 0 Å². The maximum atomic E-state index is 11.8. The number of amides is 2. The number of nitrogens with one attached hydrogen (secondary N) is 2. The summed E-state index contributed by atoms with van der Waals surface area (Å²) in [4.78, 5) is 11.8. The summed E-state index contributed by atoms with van der Waals surface area (Å²) in [5, 5.41) is 6.63. The molecule has 0 spiro atoms. The van der Waals surface area contributed by atoms with Gasteiger partial charge in [0.15, 0.2) is 11.5 Å². The number of hydrazone groups is 1. The molecule has 0 fully saturated rings. The average molecular weight is 341 g/mol. The van der Waals surface area contributed by atoms with Crippen LogP contribution in [0.3, 0.4) is 0 Å². The number of hydrogen-bond donors (Lipinski definition) is 2. The molecular weight excluding hydrogens is 318 g/mol. The molecule has 6 nitrogen and oxygen atoms in total. The highest BCUT2D eigenvalue weighted by Crippen LogP contribution is 2.28. The largest absolute Gasteiger partial charge is 0.490 e. The third kappa shape index (κ3) is 6.18. The predicted octanol–water partition coefficient (Wildman–Crippen LogP) is 4.03. The van der Waals surface area contributed by atoms with Crippen LogP contribution in [0.4, 0.5) is 10.5 Å². The minimum absolute atomic E-state index is 0.407. The molecule has 0 radical (unpaired) electrons. The van der Waals surface area contributed by atoms with Crippen molar-refractivity contribution in [1.29, 1.82) is 0 Å². The van der Waals surface area contributed by atoms with E-state index in [1.807, 2.05) is 50.2 Å². The van der Waals surface area contributed by atoms with Gasteiger partial charge < -0.3 is 14.8 Å². The van der Waals surface area contributed by atoms with Gasteiger partial charge in [0.05, 0.1) is 19.4 Å². The van der Waals surface area contributed by atoms with Gasteiger partial charge in [-0.1, -0.05) is 25.1 Å². The van der Waals surface area contributed by atoms with Crippen molar-refractivity contribution in [2.24, 2.45) is 5.10 Å². The Morgan fingerprint density at radius 2 is 1.88 bits per heavy atom. The van der Waals surface area contributed by atoms with E-state index >= 15 is 0 Å². The van der Waals surface area contributed by atoms with Crippen LogP contribution in [0.25, 0.3) is 0 Å². The second-order valence-corrected chi connectivity index (χ2v) is 5.18. The standard InChI is InChI=1S/C19H23N3O3/c1-3-12-25-17-11-10-15(13-18(17)24-4-2)14-20-22-19(23)21-16-8-6-5-7-9-16/h5-11,13-14H,3-4,12H2,1-2H3,(H2,21,22,23)/b20-14-. The number of carbonyl (C=O) groups is 1. The highest BCUT2D eigenvalue weighted by Gasteiger charge is 2.05. The Morgan fingerprint density at radius 3 is 2.60 bits per heavy atom. The number of ether oxygens (including phenoxy) is 2. The number of anilines is 1. The Morgan fingerprint density at radius 1 is 1.08 bits per heavy atom. The zero-order chi connectivity index (χ0) is 17.9. The summed E-state index contributed by atoms with van der Waals surface area (Å²) >= 11 is 0. The van der Waals surface area contributed by atoms with Crippen molar-refractivity contribution >= 4 is 17.9 Å². The van der Waals surface area contributed by atoms with E-state index in [2.05, 4.69) is 15.8 Å². The molecule has 2 N–H and O–H groups in total. The highest BCUT2D eigenvalue weighted by atomic mass is 16.5. The molecule has 132 valence electrons. The maximum absolute atomic E-state index is 11.8. The Labute approximate surface area is 147 Å². The van der Waals surface area contributed by atoms with Gasteiger partial charge in [0, 0.05) is 5.69 Å². The molecule has 0 aromatic heterocycles. The van der Waals surface area contributed by atoms with Crippen molar-refractivity contribution in [3.05, 3.63) is 54.1 Å². The van der Waals surface area contributed by atoms with Gasteiger partial charge in [0.2, 0.25) is 0 Å². The lowest BCUT2D eigenvalue weighted by Crippen LogP contribution is -2.24. The zero-order valence-electron chi connectivity index (χ0n) is 14.5. The van der Waals surface area contributed by atoms with Crippen molar-refractivity contribution in [1.82, 2.24) is 5.43 Å². The molecule has 6 heteroatoms. The molecular formula is C19H23N3O3. The summed E-state index contributed by atoms with van der Waals surface area (Å²) in [7, 11) is 0. The number of para-hydroxylation sites is 1. The van der Waals surface area contributed by atoms with Crippen LogP contribution >= 0.6 is 0 Å². The number of carbonyl (C=O) groups excluding carboxylic acids is 1. The summed E-state index contributed by atoms with van der Waals surface area (Å²) in [6.45, 7) is 5.14. The lowest BCUT2D eigenvalue weighted by molar-refractivity contribution is 0.252. The van der Waals surface area contributed by atoms with E-state index < -0.39 is 6.03 Å². The SMILES string of the molecule is CCCOc1ccc(/C=N\NC(=O)Nc2ccccc2)cc1OCC. The summed E-state index contributed by atoms with van der Waals surface area (Å²) in [6, 6.07) is 14.3. The zero-order valence-corrected chi connectivity index (χ0v) is 14.5. The summed E-state index contributed by atoms with van der Waals surface area (Å²) < 4.78 is 11.2. The molecule has 0 bridgehead atoms. The molecule has 2 amide bonds. The number of urea groups is 1. The fourth-order valence-electron chi connectivity index (χ4n) is 2.05. The van der Waals surface area contributed by atoms with Gasteiger partial charge in [-0.2, -0.15) is 5.10 Å². The Hall–Kier alpha value is -3.02. The van der Waals surface area contributed by atoms with Crippen molar-refractivity contribution in [2.75, 3.05) is 18.5 Å². The topological polar surface area (TPSA) is 72.0 Å². The quantitative estimate of drug-likeness (QED) is 0.562. The van der Waals surface area contributed by atoms with Gasteiger partial charge in [-0.25, -0.2) is 10.2 Å². The van der Waals surface area contributed by atoms with E-state index in [0.717, 1.165) is 12.0 Å². The molecule has 0 atom stereocenters. The fraction of sp³-hybridized carbons (Fsp3) is 0.263. The first kappa shape index (κ1) is 18.3. The van der Waals surface area contributed by atoms with E-state index in [1.54, 1.807) is 18.3 Å². The number of nitrogens with zero attached hydrogens (tertiary/aromatic N) is 1. The van der Waals surface area contributed by atoms with Gasteiger partial charge in [-0.3, -0.25) is 0 Å². The summed E-state index contributed by atoms with van der Waals surface area (Å²) in [6.07, 6.45) is 2.48. The smallest absolute Gasteiger partial charge is 0.339 e. The van der Waals surface area contributed by atoms with Crippen LogP contribution in [-0.2, 0) is 0 Å². The fourth-order valence-corrected chi connectivity index (χ4v) is 2.05. The van der Waals surface area contributed by atoms with Crippen molar-refractivity contribution in [3.63, 3.8) is 0 Å². The normalized spacial score (nSPS) is 10.5. The van der Waals surface area contributed by atoms with Crippen LogP contribution in [0.15, 0.2) is 53.6 Å².